The minimum absolute atomic E-state index is 0.169. The second kappa shape index (κ2) is 6.59. The Morgan fingerprint density at radius 2 is 1.80 bits per heavy atom. The minimum atomic E-state index is -0.169. The number of ether oxygens (including phenoxy) is 2. The van der Waals surface area contributed by atoms with Crippen LogP contribution in [-0.4, -0.2) is 39.3 Å². The van der Waals surface area contributed by atoms with Crippen LogP contribution < -0.4 is 4.74 Å². The van der Waals surface area contributed by atoms with Crippen LogP contribution in [0.1, 0.15) is 52.0 Å². The number of benzene rings is 1. The van der Waals surface area contributed by atoms with Gasteiger partial charge in [-0.3, -0.25) is 0 Å². The Morgan fingerprint density at radius 1 is 1.12 bits per heavy atom. The van der Waals surface area contributed by atoms with Crippen LogP contribution in [0.3, 0.4) is 0 Å². The van der Waals surface area contributed by atoms with Gasteiger partial charge in [-0.25, -0.2) is 0 Å². The predicted octanol–water partition coefficient (Wildman–Crippen LogP) is 4.71. The molecule has 3 rings (SSSR count). The molecule has 1 aromatic carbocycles. The molecule has 0 radical (unpaired) electrons. The smallest absolute Gasteiger partial charge is 0.118 e. The van der Waals surface area contributed by atoms with Gasteiger partial charge >= 0.3 is 0 Å². The lowest BCUT2D eigenvalue weighted by Crippen LogP contribution is -2.47. The zero-order valence-electron chi connectivity index (χ0n) is 16.9. The highest BCUT2D eigenvalue weighted by Crippen LogP contribution is 2.73. The molecular weight excluding hydrogens is 310 g/mol. The summed E-state index contributed by atoms with van der Waals surface area (Å²) in [5.41, 5.74) is 1.65. The summed E-state index contributed by atoms with van der Waals surface area (Å²) in [7, 11) is 5.98. The van der Waals surface area contributed by atoms with Gasteiger partial charge in [0.25, 0.3) is 0 Å². The van der Waals surface area contributed by atoms with Gasteiger partial charge in [0, 0.05) is 12.0 Å². The summed E-state index contributed by atoms with van der Waals surface area (Å²) in [5, 5.41) is 0. The van der Waals surface area contributed by atoms with Crippen molar-refractivity contribution in [1.82, 2.24) is 4.90 Å². The maximum Gasteiger partial charge on any atom is 0.118 e. The van der Waals surface area contributed by atoms with Crippen molar-refractivity contribution in [2.75, 3.05) is 34.4 Å². The molecule has 0 amide bonds. The molecule has 0 heterocycles. The predicted molar refractivity (Wildman–Crippen MR) is 103 cm³/mol. The zero-order chi connectivity index (χ0) is 18.3. The Kier molecular flexibility index (Phi) is 4.93. The largest absolute Gasteiger partial charge is 0.497 e. The molecule has 3 heteroatoms. The number of hydrogen-bond donors (Lipinski definition) is 0. The van der Waals surface area contributed by atoms with Gasteiger partial charge in [-0.1, -0.05) is 32.9 Å². The Balaban J connectivity index is 1.92. The zero-order valence-corrected chi connectivity index (χ0v) is 16.9. The van der Waals surface area contributed by atoms with Gasteiger partial charge in [-0.2, -0.15) is 0 Å². The average molecular weight is 346 g/mol. The maximum atomic E-state index is 6.81. The molecule has 2 aliphatic rings. The van der Waals surface area contributed by atoms with Crippen LogP contribution >= 0.6 is 0 Å². The van der Waals surface area contributed by atoms with Gasteiger partial charge in [0.2, 0.25) is 0 Å². The normalized spacial score (nSPS) is 33.2. The Bertz CT molecular complexity index is 595. The molecule has 3 atom stereocenters. The lowest BCUT2D eigenvalue weighted by atomic mass is 9.62. The van der Waals surface area contributed by atoms with E-state index >= 15 is 0 Å². The summed E-state index contributed by atoms with van der Waals surface area (Å²) in [4.78, 5) is 2.23. The fourth-order valence-electron chi connectivity index (χ4n) is 5.47. The third kappa shape index (κ3) is 2.80. The van der Waals surface area contributed by atoms with E-state index < -0.39 is 0 Å². The molecule has 2 bridgehead atoms. The van der Waals surface area contributed by atoms with Gasteiger partial charge in [0.05, 0.1) is 12.7 Å². The molecule has 0 aliphatic heterocycles. The summed E-state index contributed by atoms with van der Waals surface area (Å²) in [5.74, 6) is 1.66. The number of hydrogen-bond acceptors (Lipinski definition) is 3. The molecule has 2 aliphatic carbocycles. The quantitative estimate of drug-likeness (QED) is 0.668. The maximum absolute atomic E-state index is 6.81. The fourth-order valence-corrected chi connectivity index (χ4v) is 5.47. The summed E-state index contributed by atoms with van der Waals surface area (Å²) < 4.78 is 12.2. The van der Waals surface area contributed by atoms with E-state index in [1.807, 2.05) is 0 Å². The highest BCUT2D eigenvalue weighted by Gasteiger charge is 2.69. The second-order valence-corrected chi connectivity index (χ2v) is 9.05. The molecule has 2 fully saturated rings. The fraction of sp³-hybridized carbons (Fsp3) is 0.727. The molecule has 0 spiro atoms. The molecule has 140 valence electrons. The van der Waals surface area contributed by atoms with Gasteiger partial charge in [-0.15, -0.1) is 0 Å². The summed E-state index contributed by atoms with van der Waals surface area (Å²) in [6, 6.07) is 8.63. The highest BCUT2D eigenvalue weighted by molar-refractivity contribution is 5.36. The van der Waals surface area contributed by atoms with Gasteiger partial charge in [0.1, 0.15) is 5.75 Å². The number of fused-ring (bicyclic) bond motifs is 2. The number of rotatable bonds is 7. The third-order valence-electron chi connectivity index (χ3n) is 7.52. The van der Waals surface area contributed by atoms with E-state index in [9.17, 15) is 0 Å². The average Bonchev–Trinajstić information content (AvgIpc) is 2.91. The van der Waals surface area contributed by atoms with Crippen molar-refractivity contribution in [3.63, 3.8) is 0 Å². The summed E-state index contributed by atoms with van der Waals surface area (Å²) >= 11 is 0. The van der Waals surface area contributed by atoms with E-state index in [2.05, 4.69) is 64.0 Å². The Labute approximate surface area is 153 Å². The van der Waals surface area contributed by atoms with E-state index in [4.69, 9.17) is 9.47 Å². The van der Waals surface area contributed by atoms with Crippen LogP contribution in [-0.2, 0) is 10.3 Å². The summed E-state index contributed by atoms with van der Waals surface area (Å²) in [6.07, 6.45) is 4.81. The summed E-state index contributed by atoms with van der Waals surface area (Å²) in [6.45, 7) is 9.28. The first kappa shape index (κ1) is 18.7. The first-order valence-corrected chi connectivity index (χ1v) is 9.70. The van der Waals surface area contributed by atoms with Crippen LogP contribution in [0.4, 0.5) is 0 Å². The molecule has 0 saturated heterocycles. The van der Waals surface area contributed by atoms with Gasteiger partial charge in [0.15, 0.2) is 0 Å². The SMILES string of the molecule is COc1ccc(C2(OCCCN(C)C)CC3CCC2(C)C3(C)C)cc1. The first-order chi connectivity index (χ1) is 11.8. The van der Waals surface area contributed by atoms with Crippen molar-refractivity contribution in [1.29, 1.82) is 0 Å². The van der Waals surface area contributed by atoms with Gasteiger partial charge < -0.3 is 14.4 Å². The molecule has 25 heavy (non-hydrogen) atoms. The van der Waals surface area contributed by atoms with Crippen LogP contribution in [0, 0.1) is 16.7 Å². The first-order valence-electron chi connectivity index (χ1n) is 9.70. The molecule has 2 saturated carbocycles. The molecular formula is C22H35NO2. The van der Waals surface area contributed by atoms with Crippen molar-refractivity contribution in [3.8, 4) is 5.75 Å². The Morgan fingerprint density at radius 3 is 2.28 bits per heavy atom. The van der Waals surface area contributed by atoms with Crippen molar-refractivity contribution in [3.05, 3.63) is 29.8 Å². The van der Waals surface area contributed by atoms with Gasteiger partial charge in [-0.05, 0) is 75.4 Å². The second-order valence-electron chi connectivity index (χ2n) is 9.05. The standard InChI is InChI=1S/C22H35NO2/c1-20(2)18-12-13-21(20,3)22(16-18,25-15-7-14-23(4)5)17-8-10-19(24-6)11-9-17/h8-11,18H,7,12-16H2,1-6H3. The van der Waals surface area contributed by atoms with E-state index in [1.165, 1.54) is 18.4 Å². The van der Waals surface area contributed by atoms with E-state index in [-0.39, 0.29) is 11.0 Å². The third-order valence-corrected chi connectivity index (χ3v) is 7.52. The molecule has 1 aromatic rings. The molecule has 0 aromatic heterocycles. The lowest BCUT2D eigenvalue weighted by Gasteiger charge is -2.49. The van der Waals surface area contributed by atoms with Crippen LogP contribution in [0.2, 0.25) is 0 Å². The van der Waals surface area contributed by atoms with Crippen molar-refractivity contribution in [2.45, 2.75) is 52.1 Å². The van der Waals surface area contributed by atoms with Crippen LogP contribution in [0.5, 0.6) is 5.75 Å². The topological polar surface area (TPSA) is 21.7 Å². The minimum Gasteiger partial charge on any atom is -0.497 e. The van der Waals surface area contributed by atoms with Crippen LogP contribution in [0.25, 0.3) is 0 Å². The Hall–Kier alpha value is -1.06. The number of methoxy groups -OCH3 is 1. The number of nitrogens with zero attached hydrogens (tertiary/aromatic N) is 1. The van der Waals surface area contributed by atoms with Crippen molar-refractivity contribution < 1.29 is 9.47 Å². The van der Waals surface area contributed by atoms with Crippen LogP contribution in [0.15, 0.2) is 24.3 Å². The van der Waals surface area contributed by atoms with Crippen molar-refractivity contribution >= 4 is 0 Å². The molecule has 3 unspecified atom stereocenters. The van der Waals surface area contributed by atoms with E-state index in [0.717, 1.165) is 37.7 Å². The monoisotopic (exact) mass is 345 g/mol. The molecule has 3 nitrogen and oxygen atoms in total. The van der Waals surface area contributed by atoms with E-state index in [0.29, 0.717) is 5.41 Å². The molecule has 0 N–H and O–H groups in total. The van der Waals surface area contributed by atoms with E-state index in [1.54, 1.807) is 7.11 Å². The van der Waals surface area contributed by atoms with Crippen molar-refractivity contribution in [2.24, 2.45) is 16.7 Å². The highest BCUT2D eigenvalue weighted by atomic mass is 16.5. The lowest BCUT2D eigenvalue weighted by molar-refractivity contribution is -0.147.